The molecule has 0 aliphatic heterocycles. The van der Waals surface area contributed by atoms with Crippen molar-refractivity contribution in [2.24, 2.45) is 5.92 Å². The second kappa shape index (κ2) is 7.19. The molecule has 2 N–H and O–H groups in total. The van der Waals surface area contributed by atoms with Crippen LogP contribution in [-0.4, -0.2) is 22.7 Å². The quantitative estimate of drug-likeness (QED) is 0.839. The number of hydrogen-bond donors (Lipinski definition) is 2. The summed E-state index contributed by atoms with van der Waals surface area (Å²) in [4.78, 5) is 4.16. The second-order valence-corrected chi connectivity index (χ2v) is 5.33. The third-order valence-electron chi connectivity index (χ3n) is 2.88. The molecule has 0 fully saturated rings. The SMILES string of the molecule is CCC(CC)C(O)CNc1ncc(Br)cc1Cl. The molecule has 0 aliphatic carbocycles. The van der Waals surface area contributed by atoms with Crippen molar-refractivity contribution in [3.8, 4) is 0 Å². The van der Waals surface area contributed by atoms with Gasteiger partial charge in [-0.2, -0.15) is 0 Å². The first-order chi connectivity index (χ1) is 8.08. The molecule has 0 aliphatic rings. The number of pyridine rings is 1. The molecule has 0 spiro atoms. The summed E-state index contributed by atoms with van der Waals surface area (Å²) in [6.07, 6.45) is 3.26. The summed E-state index contributed by atoms with van der Waals surface area (Å²) in [7, 11) is 0. The van der Waals surface area contributed by atoms with Crippen LogP contribution in [0.15, 0.2) is 16.7 Å². The number of aliphatic hydroxyl groups excluding tert-OH is 1. The molecule has 1 unspecified atom stereocenters. The van der Waals surface area contributed by atoms with Crippen molar-refractivity contribution in [1.82, 2.24) is 4.98 Å². The number of aliphatic hydroxyl groups is 1. The standard InChI is InChI=1S/C12H18BrClN2O/c1-3-8(4-2)11(17)7-16-12-10(14)5-9(13)6-15-12/h5-6,8,11,17H,3-4,7H2,1-2H3,(H,15,16). The van der Waals surface area contributed by atoms with Crippen LogP contribution in [0.1, 0.15) is 26.7 Å². The topological polar surface area (TPSA) is 45.1 Å². The number of anilines is 1. The maximum atomic E-state index is 9.97. The van der Waals surface area contributed by atoms with Crippen LogP contribution in [0, 0.1) is 5.92 Å². The Morgan fingerprint density at radius 2 is 2.12 bits per heavy atom. The molecule has 0 saturated carbocycles. The van der Waals surface area contributed by atoms with Crippen LogP contribution in [0.2, 0.25) is 5.02 Å². The Kier molecular flexibility index (Phi) is 6.23. The van der Waals surface area contributed by atoms with Crippen molar-refractivity contribution in [1.29, 1.82) is 0 Å². The molecular weight excluding hydrogens is 304 g/mol. The van der Waals surface area contributed by atoms with E-state index in [9.17, 15) is 5.11 Å². The van der Waals surface area contributed by atoms with Gasteiger partial charge in [-0.15, -0.1) is 0 Å². The predicted octanol–water partition coefficient (Wildman–Crippen LogP) is 3.71. The third-order valence-corrected chi connectivity index (χ3v) is 3.60. The second-order valence-electron chi connectivity index (χ2n) is 4.01. The van der Waals surface area contributed by atoms with E-state index in [1.165, 1.54) is 0 Å². The van der Waals surface area contributed by atoms with Crippen LogP contribution in [0.3, 0.4) is 0 Å². The van der Waals surface area contributed by atoms with Crippen LogP contribution in [0.25, 0.3) is 0 Å². The molecular formula is C12H18BrClN2O. The van der Waals surface area contributed by atoms with E-state index in [0.717, 1.165) is 17.3 Å². The number of aromatic nitrogens is 1. The lowest BCUT2D eigenvalue weighted by atomic mass is 9.97. The molecule has 17 heavy (non-hydrogen) atoms. The van der Waals surface area contributed by atoms with Gasteiger partial charge in [-0.25, -0.2) is 4.98 Å². The zero-order valence-electron chi connectivity index (χ0n) is 10.1. The van der Waals surface area contributed by atoms with Gasteiger partial charge in [0.1, 0.15) is 5.82 Å². The average molecular weight is 322 g/mol. The Hall–Kier alpha value is -0.320. The zero-order chi connectivity index (χ0) is 12.8. The maximum absolute atomic E-state index is 9.97. The number of rotatable bonds is 6. The molecule has 1 aromatic rings. The van der Waals surface area contributed by atoms with Gasteiger partial charge in [-0.1, -0.05) is 38.3 Å². The summed E-state index contributed by atoms with van der Waals surface area (Å²) in [5.41, 5.74) is 0. The highest BCUT2D eigenvalue weighted by Crippen LogP contribution is 2.23. The predicted molar refractivity (Wildman–Crippen MR) is 75.5 cm³/mol. The first kappa shape index (κ1) is 14.7. The highest BCUT2D eigenvalue weighted by atomic mass is 79.9. The van der Waals surface area contributed by atoms with E-state index in [-0.39, 0.29) is 6.10 Å². The minimum absolute atomic E-state index is 0.316. The fourth-order valence-corrected chi connectivity index (χ4v) is 2.44. The fourth-order valence-electron chi connectivity index (χ4n) is 1.75. The summed E-state index contributed by atoms with van der Waals surface area (Å²) in [5.74, 6) is 0.927. The summed E-state index contributed by atoms with van der Waals surface area (Å²) in [6, 6.07) is 1.78. The minimum atomic E-state index is -0.369. The van der Waals surface area contributed by atoms with Crippen molar-refractivity contribution < 1.29 is 5.11 Å². The van der Waals surface area contributed by atoms with Gasteiger partial charge in [-0.05, 0) is 27.9 Å². The Morgan fingerprint density at radius 1 is 1.47 bits per heavy atom. The van der Waals surface area contributed by atoms with Crippen LogP contribution in [0.4, 0.5) is 5.82 Å². The van der Waals surface area contributed by atoms with Gasteiger partial charge in [0.05, 0.1) is 11.1 Å². The molecule has 3 nitrogen and oxygen atoms in total. The smallest absolute Gasteiger partial charge is 0.144 e. The van der Waals surface area contributed by atoms with E-state index < -0.39 is 0 Å². The molecule has 1 rings (SSSR count). The largest absolute Gasteiger partial charge is 0.391 e. The Labute approximate surface area is 116 Å². The number of halogens is 2. The van der Waals surface area contributed by atoms with Crippen LogP contribution in [0.5, 0.6) is 0 Å². The first-order valence-electron chi connectivity index (χ1n) is 5.81. The van der Waals surface area contributed by atoms with Crippen molar-refractivity contribution in [2.45, 2.75) is 32.8 Å². The Bertz CT molecular complexity index is 358. The Balaban J connectivity index is 2.55. The summed E-state index contributed by atoms with van der Waals surface area (Å²) >= 11 is 9.32. The minimum Gasteiger partial charge on any atom is -0.391 e. The third kappa shape index (κ3) is 4.45. The lowest BCUT2D eigenvalue weighted by Gasteiger charge is -2.20. The molecule has 96 valence electrons. The normalized spacial score (nSPS) is 12.8. The molecule has 5 heteroatoms. The molecule has 0 aromatic carbocycles. The van der Waals surface area contributed by atoms with E-state index in [2.05, 4.69) is 40.1 Å². The molecule has 0 saturated heterocycles. The number of hydrogen-bond acceptors (Lipinski definition) is 3. The highest BCUT2D eigenvalue weighted by Gasteiger charge is 2.15. The maximum Gasteiger partial charge on any atom is 0.144 e. The van der Waals surface area contributed by atoms with Gasteiger partial charge in [0.2, 0.25) is 0 Å². The van der Waals surface area contributed by atoms with Gasteiger partial charge in [0, 0.05) is 17.2 Å². The number of nitrogens with zero attached hydrogens (tertiary/aromatic N) is 1. The lowest BCUT2D eigenvalue weighted by Crippen LogP contribution is -2.28. The molecule has 1 heterocycles. The summed E-state index contributed by atoms with van der Waals surface area (Å²) in [5, 5.41) is 13.6. The van der Waals surface area contributed by atoms with E-state index in [4.69, 9.17) is 11.6 Å². The van der Waals surface area contributed by atoms with Gasteiger partial charge >= 0.3 is 0 Å². The van der Waals surface area contributed by atoms with Crippen molar-refractivity contribution in [3.63, 3.8) is 0 Å². The monoisotopic (exact) mass is 320 g/mol. The van der Waals surface area contributed by atoms with Crippen LogP contribution in [-0.2, 0) is 0 Å². The van der Waals surface area contributed by atoms with Gasteiger partial charge in [0.25, 0.3) is 0 Å². The summed E-state index contributed by atoms with van der Waals surface area (Å²) < 4.78 is 0.841. The molecule has 0 radical (unpaired) electrons. The molecule has 0 amide bonds. The van der Waals surface area contributed by atoms with Crippen molar-refractivity contribution >= 4 is 33.3 Å². The van der Waals surface area contributed by atoms with E-state index in [1.807, 2.05) is 0 Å². The van der Waals surface area contributed by atoms with Crippen LogP contribution < -0.4 is 5.32 Å². The zero-order valence-corrected chi connectivity index (χ0v) is 12.4. The number of nitrogens with one attached hydrogen (secondary N) is 1. The van der Waals surface area contributed by atoms with Gasteiger partial charge in [0.15, 0.2) is 0 Å². The van der Waals surface area contributed by atoms with Crippen molar-refractivity contribution in [2.75, 3.05) is 11.9 Å². The summed E-state index contributed by atoms with van der Waals surface area (Å²) in [6.45, 7) is 4.64. The van der Waals surface area contributed by atoms with Crippen molar-refractivity contribution in [3.05, 3.63) is 21.8 Å². The molecule has 1 atom stereocenters. The van der Waals surface area contributed by atoms with Gasteiger partial charge in [-0.3, -0.25) is 0 Å². The van der Waals surface area contributed by atoms with E-state index in [0.29, 0.717) is 23.3 Å². The molecule has 1 aromatic heterocycles. The van der Waals surface area contributed by atoms with E-state index in [1.54, 1.807) is 12.3 Å². The molecule has 0 bridgehead atoms. The first-order valence-corrected chi connectivity index (χ1v) is 6.98. The average Bonchev–Trinajstić information content (AvgIpc) is 2.29. The Morgan fingerprint density at radius 3 is 2.65 bits per heavy atom. The van der Waals surface area contributed by atoms with E-state index >= 15 is 0 Å². The van der Waals surface area contributed by atoms with Crippen LogP contribution >= 0.6 is 27.5 Å². The fraction of sp³-hybridized carbons (Fsp3) is 0.583. The lowest BCUT2D eigenvalue weighted by molar-refractivity contribution is 0.114. The highest BCUT2D eigenvalue weighted by molar-refractivity contribution is 9.10. The van der Waals surface area contributed by atoms with Gasteiger partial charge < -0.3 is 10.4 Å².